The van der Waals surface area contributed by atoms with E-state index in [-0.39, 0.29) is 16.2 Å². The molecule has 3 aromatic heterocycles. The summed E-state index contributed by atoms with van der Waals surface area (Å²) in [6.45, 7) is 19.6. The van der Waals surface area contributed by atoms with Gasteiger partial charge in [0, 0.05) is 84.7 Å². The fraction of sp³-hybridized carbons (Fsp3) is 0.538. The lowest BCUT2D eigenvalue weighted by atomic mass is 9.89. The Morgan fingerprint density at radius 2 is 0.947 bits per heavy atom. The van der Waals surface area contributed by atoms with Crippen LogP contribution in [0.15, 0.2) is 82.9 Å². The summed E-state index contributed by atoms with van der Waals surface area (Å²) in [5.41, 5.74) is 3.74. The Kier molecular flexibility index (Phi) is 18.4. The van der Waals surface area contributed by atoms with Gasteiger partial charge < -0.3 is 23.0 Å². The summed E-state index contributed by atoms with van der Waals surface area (Å²) in [7, 11) is -10.7. The summed E-state index contributed by atoms with van der Waals surface area (Å²) < 4.78 is 109. The summed E-state index contributed by atoms with van der Waals surface area (Å²) in [5, 5.41) is 12.1. The van der Waals surface area contributed by atoms with Crippen molar-refractivity contribution in [2.24, 2.45) is 0 Å². The van der Waals surface area contributed by atoms with Crippen LogP contribution in [0.5, 0.6) is 0 Å². The molecule has 0 amide bonds. The highest BCUT2D eigenvalue weighted by atomic mass is 32.2. The maximum atomic E-state index is 13.0. The average Bonchev–Trinajstić information content (AvgIpc) is 4.24. The van der Waals surface area contributed by atoms with Crippen molar-refractivity contribution in [3.8, 4) is 34.4 Å². The Balaban J connectivity index is 0.000000151. The maximum Gasteiger partial charge on any atom is 0.257 e. The van der Waals surface area contributed by atoms with Gasteiger partial charge in [0.25, 0.3) is 17.7 Å². The number of benzene rings is 3. The second-order valence-electron chi connectivity index (χ2n) is 20.6. The van der Waals surface area contributed by atoms with Crippen molar-refractivity contribution in [3.05, 3.63) is 88.8 Å². The molecule has 0 unspecified atom stereocenters. The van der Waals surface area contributed by atoms with E-state index in [9.17, 15) is 25.3 Å². The number of rotatable bonds is 11. The van der Waals surface area contributed by atoms with Crippen LogP contribution < -0.4 is 0 Å². The minimum absolute atomic E-state index is 0.155. The lowest BCUT2D eigenvalue weighted by molar-refractivity contribution is 0.0730. The number of ether oxygens (including phenoxy) is 2. The monoisotopic (exact) mass is 1120 g/mol. The molecule has 4 aliphatic rings. The molecule has 76 heavy (non-hydrogen) atoms. The molecule has 3 aromatic carbocycles. The van der Waals surface area contributed by atoms with Crippen LogP contribution in [-0.2, 0) is 45.0 Å². The Morgan fingerprint density at radius 1 is 0.539 bits per heavy atom. The Bertz CT molecular complexity index is 3270. The number of morpholine rings is 2. The van der Waals surface area contributed by atoms with Crippen LogP contribution >= 0.6 is 11.8 Å². The quantitative estimate of drug-likeness (QED) is 0.118. The molecule has 3 aliphatic heterocycles. The van der Waals surface area contributed by atoms with Gasteiger partial charge in [-0.25, -0.2) is 25.3 Å². The lowest BCUT2D eigenvalue weighted by Gasteiger charge is -2.26. The van der Waals surface area contributed by atoms with E-state index in [1.807, 2.05) is 53.7 Å². The maximum absolute atomic E-state index is 13.0. The van der Waals surface area contributed by atoms with E-state index < -0.39 is 30.1 Å². The number of hydrogen-bond acceptors (Lipinski definition) is 18. The van der Waals surface area contributed by atoms with E-state index in [1.165, 1.54) is 27.9 Å². The highest BCUT2D eigenvalue weighted by Gasteiger charge is 2.32. The van der Waals surface area contributed by atoms with Gasteiger partial charge in [-0.05, 0) is 86.7 Å². The topological polar surface area (TPSA) is 247 Å². The second-order valence-corrected chi connectivity index (χ2v) is 27.5. The fourth-order valence-corrected chi connectivity index (χ4v) is 15.1. The summed E-state index contributed by atoms with van der Waals surface area (Å²) in [5.74, 6) is 5.16. The van der Waals surface area contributed by atoms with Crippen LogP contribution in [0.25, 0.3) is 34.4 Å². The molecular formula is C52H69N9O11S4. The third-order valence-electron chi connectivity index (χ3n) is 13.5. The number of aromatic nitrogens is 6. The van der Waals surface area contributed by atoms with Crippen molar-refractivity contribution < 1.29 is 48.3 Å². The van der Waals surface area contributed by atoms with Gasteiger partial charge in [0.15, 0.2) is 17.5 Å². The molecule has 1 aliphatic carbocycles. The third kappa shape index (κ3) is 13.3. The molecule has 24 heteroatoms. The van der Waals surface area contributed by atoms with Crippen LogP contribution in [0.2, 0.25) is 0 Å². The standard InChI is InChI=1S/C19H25N3O4S.C17H23N3O4S.C16H21N3O3S2/c1-14-7-8-16(13-17(14)27(23,24)22-9-11-25-12-10-22)19-20-18(21-26-19)15-5-3-2-4-6-15;1-12-5-6-13(15-18-16(19-24-15)17(2,3)4)11-14(12)25(21,22)20-7-9-23-10-8-20;1-11(2)15-17-16(22-18-15)13-5-4-12(3)14(10-13)24(20,21)19-6-8-23-9-7-19/h7-8,13,15H,2-6,9-12H2,1H3;5-6,11H,7-10H2,1-4H3;4-5,10-11H,6-9H2,1-3H3. The normalized spacial score (nSPS) is 18.0. The second kappa shape index (κ2) is 24.4. The first-order valence-electron chi connectivity index (χ1n) is 25.7. The molecule has 6 heterocycles. The predicted octanol–water partition coefficient (Wildman–Crippen LogP) is 8.38. The van der Waals surface area contributed by atoms with E-state index in [2.05, 4.69) is 30.4 Å². The van der Waals surface area contributed by atoms with Gasteiger partial charge in [0.05, 0.1) is 41.1 Å². The first kappa shape index (κ1) is 57.3. The van der Waals surface area contributed by atoms with Crippen molar-refractivity contribution >= 4 is 41.8 Å². The van der Waals surface area contributed by atoms with Crippen molar-refractivity contribution in [1.29, 1.82) is 0 Å². The predicted molar refractivity (Wildman–Crippen MR) is 287 cm³/mol. The zero-order chi connectivity index (χ0) is 54.4. The van der Waals surface area contributed by atoms with E-state index in [1.54, 1.807) is 72.4 Å². The molecule has 0 spiro atoms. The molecule has 3 saturated heterocycles. The number of aryl methyl sites for hydroxylation is 3. The average molecular weight is 1120 g/mol. The van der Waals surface area contributed by atoms with Gasteiger partial charge in [-0.15, -0.1) is 0 Å². The van der Waals surface area contributed by atoms with Gasteiger partial charge in [-0.1, -0.05) is 87.6 Å². The molecule has 6 aromatic rings. The van der Waals surface area contributed by atoms with Crippen LogP contribution in [-0.4, -0.2) is 146 Å². The molecule has 0 N–H and O–H groups in total. The first-order valence-corrected chi connectivity index (χ1v) is 31.2. The Labute approximate surface area is 450 Å². The van der Waals surface area contributed by atoms with Gasteiger partial charge >= 0.3 is 0 Å². The Morgan fingerprint density at radius 3 is 1.37 bits per heavy atom. The van der Waals surface area contributed by atoms with E-state index in [0.717, 1.165) is 35.7 Å². The molecular weight excluding hydrogens is 1050 g/mol. The summed E-state index contributed by atoms with van der Waals surface area (Å²) >= 11 is 1.78. The molecule has 10 rings (SSSR count). The molecule has 0 radical (unpaired) electrons. The zero-order valence-corrected chi connectivity index (χ0v) is 47.8. The Hall–Kier alpha value is -4.92. The third-order valence-corrected chi connectivity index (χ3v) is 20.6. The number of hydrogen-bond donors (Lipinski definition) is 0. The fourth-order valence-electron chi connectivity index (χ4n) is 8.92. The first-order chi connectivity index (χ1) is 36.1. The van der Waals surface area contributed by atoms with Gasteiger partial charge in [0.1, 0.15) is 0 Å². The van der Waals surface area contributed by atoms with Crippen LogP contribution in [0.4, 0.5) is 0 Å². The number of thioether (sulfide) groups is 1. The minimum Gasteiger partial charge on any atom is -0.379 e. The lowest BCUT2D eigenvalue weighted by Crippen LogP contribution is -2.40. The smallest absolute Gasteiger partial charge is 0.257 e. The van der Waals surface area contributed by atoms with Crippen molar-refractivity contribution in [3.63, 3.8) is 0 Å². The summed E-state index contributed by atoms with van der Waals surface area (Å²) in [4.78, 5) is 14.2. The minimum atomic E-state index is -3.58. The van der Waals surface area contributed by atoms with Gasteiger partial charge in [0.2, 0.25) is 30.1 Å². The number of sulfonamides is 3. The van der Waals surface area contributed by atoms with E-state index in [0.29, 0.717) is 139 Å². The van der Waals surface area contributed by atoms with Crippen molar-refractivity contribution in [2.75, 3.05) is 77.2 Å². The van der Waals surface area contributed by atoms with Gasteiger partial charge in [-0.3, -0.25) is 0 Å². The van der Waals surface area contributed by atoms with Crippen LogP contribution in [0.3, 0.4) is 0 Å². The van der Waals surface area contributed by atoms with E-state index >= 15 is 0 Å². The number of nitrogens with zero attached hydrogens (tertiary/aromatic N) is 9. The molecule has 4 fully saturated rings. The molecule has 0 bridgehead atoms. The van der Waals surface area contributed by atoms with E-state index in [4.69, 9.17) is 23.0 Å². The summed E-state index contributed by atoms with van der Waals surface area (Å²) in [6.07, 6.45) is 5.83. The molecule has 20 nitrogen and oxygen atoms in total. The van der Waals surface area contributed by atoms with Crippen molar-refractivity contribution in [2.45, 2.75) is 119 Å². The summed E-state index contributed by atoms with van der Waals surface area (Å²) in [6, 6.07) is 15.7. The highest BCUT2D eigenvalue weighted by Crippen LogP contribution is 2.34. The van der Waals surface area contributed by atoms with Crippen LogP contribution in [0.1, 0.15) is 113 Å². The molecule has 0 atom stereocenters. The highest BCUT2D eigenvalue weighted by molar-refractivity contribution is 7.99. The van der Waals surface area contributed by atoms with Crippen molar-refractivity contribution in [1.82, 2.24) is 43.3 Å². The SMILES string of the molecule is Cc1ccc(-c2nc(C(C)(C)C)no2)cc1S(=O)(=O)N1CCOCC1.Cc1ccc(-c2nc(C(C)C)no2)cc1S(=O)(=O)N1CCSCC1.Cc1ccc(-c2nc(C3CCCCC3)no2)cc1S(=O)(=O)N1CCOCC1. The zero-order valence-electron chi connectivity index (χ0n) is 44.5. The van der Waals surface area contributed by atoms with Crippen LogP contribution in [0, 0.1) is 20.8 Å². The largest absolute Gasteiger partial charge is 0.379 e. The molecule has 412 valence electrons. The molecule has 1 saturated carbocycles. The van der Waals surface area contributed by atoms with Gasteiger partial charge in [-0.2, -0.15) is 39.6 Å².